The molecule has 3 nitrogen and oxygen atoms in total. The second-order valence-corrected chi connectivity index (χ2v) is 6.85. The van der Waals surface area contributed by atoms with Crippen LogP contribution in [0.2, 0.25) is 0 Å². The summed E-state index contributed by atoms with van der Waals surface area (Å²) >= 11 is 0. The first-order valence-electron chi connectivity index (χ1n) is 6.74. The molecule has 0 saturated carbocycles. The fraction of sp³-hybridized carbons (Fsp3) is 0.118. The van der Waals surface area contributed by atoms with Gasteiger partial charge in [-0.25, -0.2) is 12.4 Å². The van der Waals surface area contributed by atoms with Crippen molar-refractivity contribution in [1.29, 1.82) is 0 Å². The number of rotatable bonds is 3. The Morgan fingerprint density at radius 1 is 1.05 bits per heavy atom. The van der Waals surface area contributed by atoms with Gasteiger partial charge in [-0.3, -0.25) is 0 Å². The zero-order valence-corrected chi connectivity index (χ0v) is 12.6. The Labute approximate surface area is 124 Å². The lowest BCUT2D eigenvalue weighted by molar-refractivity contribution is 0.589. The summed E-state index contributed by atoms with van der Waals surface area (Å²) in [4.78, 5) is 0.296. The van der Waals surface area contributed by atoms with E-state index >= 15 is 0 Å². The molecule has 4 heteroatoms. The van der Waals surface area contributed by atoms with Gasteiger partial charge in [0.2, 0.25) is 0 Å². The van der Waals surface area contributed by atoms with Crippen molar-refractivity contribution in [3.05, 3.63) is 72.8 Å². The van der Waals surface area contributed by atoms with E-state index in [-0.39, 0.29) is 0 Å². The Hall–Kier alpha value is -2.07. The van der Waals surface area contributed by atoms with E-state index < -0.39 is 10.0 Å². The predicted octanol–water partition coefficient (Wildman–Crippen LogP) is 3.56. The molecule has 0 amide bonds. The minimum Gasteiger partial charge on any atom is -0.241 e. The summed E-state index contributed by atoms with van der Waals surface area (Å²) in [5.41, 5.74) is 2.66. The minimum absolute atomic E-state index is 0.296. The number of para-hydroxylation sites is 1. The molecule has 0 unspecified atom stereocenters. The summed E-state index contributed by atoms with van der Waals surface area (Å²) in [7, 11) is -3.58. The summed E-state index contributed by atoms with van der Waals surface area (Å²) < 4.78 is 27.0. The molecule has 0 atom stereocenters. The third-order valence-electron chi connectivity index (χ3n) is 3.61. The second kappa shape index (κ2) is 5.04. The SMILES string of the molecule is [CH2]Cc1cn(S(=O)(=O)c2ccc(C)cc2)c2ccccc12. The van der Waals surface area contributed by atoms with Gasteiger partial charge in [0.15, 0.2) is 0 Å². The number of fused-ring (bicyclic) bond motifs is 1. The summed E-state index contributed by atoms with van der Waals surface area (Å²) in [6.07, 6.45) is 2.23. The standard InChI is InChI=1S/C17H16NO2S/c1-3-14-12-18(17-7-5-4-6-16(14)17)21(19,20)15-10-8-13(2)9-11-15/h4-12H,1,3H2,2H3. The van der Waals surface area contributed by atoms with E-state index in [9.17, 15) is 8.42 Å². The first kappa shape index (κ1) is 13.9. The molecule has 21 heavy (non-hydrogen) atoms. The van der Waals surface area contributed by atoms with Gasteiger partial charge >= 0.3 is 0 Å². The Morgan fingerprint density at radius 3 is 2.38 bits per heavy atom. The molecule has 1 heterocycles. The maximum atomic E-state index is 12.8. The lowest BCUT2D eigenvalue weighted by Gasteiger charge is -2.07. The Bertz CT molecular complexity index is 890. The third kappa shape index (κ3) is 2.25. The molecule has 0 N–H and O–H groups in total. The smallest absolute Gasteiger partial charge is 0.241 e. The van der Waals surface area contributed by atoms with Crippen LogP contribution >= 0.6 is 0 Å². The maximum absolute atomic E-state index is 12.8. The highest BCUT2D eigenvalue weighted by Gasteiger charge is 2.20. The van der Waals surface area contributed by atoms with Crippen molar-refractivity contribution in [1.82, 2.24) is 3.97 Å². The van der Waals surface area contributed by atoms with Gasteiger partial charge < -0.3 is 0 Å². The van der Waals surface area contributed by atoms with E-state index in [1.807, 2.05) is 31.2 Å². The second-order valence-electron chi connectivity index (χ2n) is 5.04. The van der Waals surface area contributed by atoms with Gasteiger partial charge in [-0.2, -0.15) is 0 Å². The van der Waals surface area contributed by atoms with Gasteiger partial charge in [0.25, 0.3) is 10.0 Å². The molecule has 1 aromatic heterocycles. The van der Waals surface area contributed by atoms with E-state index in [1.54, 1.807) is 30.5 Å². The Kier molecular flexibility index (Phi) is 3.33. The van der Waals surface area contributed by atoms with Gasteiger partial charge in [-0.1, -0.05) is 35.9 Å². The van der Waals surface area contributed by atoms with Crippen LogP contribution in [0.4, 0.5) is 0 Å². The zero-order valence-electron chi connectivity index (χ0n) is 11.8. The van der Waals surface area contributed by atoms with Crippen LogP contribution in [0.25, 0.3) is 10.9 Å². The topological polar surface area (TPSA) is 39.1 Å². The number of hydrogen-bond donors (Lipinski definition) is 0. The molecule has 107 valence electrons. The molecule has 0 aliphatic carbocycles. The highest BCUT2D eigenvalue weighted by Crippen LogP contribution is 2.26. The quantitative estimate of drug-likeness (QED) is 0.741. The van der Waals surface area contributed by atoms with Crippen molar-refractivity contribution in [3.8, 4) is 0 Å². The van der Waals surface area contributed by atoms with Crippen LogP contribution in [0.5, 0.6) is 0 Å². The Balaban J connectivity index is 2.26. The van der Waals surface area contributed by atoms with E-state index in [0.29, 0.717) is 16.8 Å². The molecular weight excluding hydrogens is 282 g/mol. The van der Waals surface area contributed by atoms with Crippen LogP contribution < -0.4 is 0 Å². The number of hydrogen-bond acceptors (Lipinski definition) is 2. The maximum Gasteiger partial charge on any atom is 0.268 e. The highest BCUT2D eigenvalue weighted by atomic mass is 32.2. The average molecular weight is 298 g/mol. The number of benzene rings is 2. The Morgan fingerprint density at radius 2 is 1.71 bits per heavy atom. The molecule has 0 spiro atoms. The van der Waals surface area contributed by atoms with Crippen LogP contribution in [0, 0.1) is 13.8 Å². The van der Waals surface area contributed by atoms with Crippen LogP contribution in [-0.2, 0) is 16.4 Å². The first-order chi connectivity index (χ1) is 10.0. The number of aryl methyl sites for hydroxylation is 1. The molecule has 0 bridgehead atoms. The van der Waals surface area contributed by atoms with Crippen LogP contribution in [-0.4, -0.2) is 12.4 Å². The van der Waals surface area contributed by atoms with Crippen LogP contribution in [0.1, 0.15) is 11.1 Å². The summed E-state index contributed by atoms with van der Waals surface area (Å²) in [5.74, 6) is 0. The molecule has 0 aliphatic rings. The van der Waals surface area contributed by atoms with Crippen molar-refractivity contribution in [2.75, 3.05) is 0 Å². The molecule has 0 aliphatic heterocycles. The van der Waals surface area contributed by atoms with Gasteiger partial charge in [0.1, 0.15) is 0 Å². The molecule has 0 fully saturated rings. The van der Waals surface area contributed by atoms with E-state index in [0.717, 1.165) is 16.5 Å². The van der Waals surface area contributed by atoms with Crippen molar-refractivity contribution in [2.45, 2.75) is 18.2 Å². The van der Waals surface area contributed by atoms with E-state index in [1.165, 1.54) is 3.97 Å². The monoisotopic (exact) mass is 298 g/mol. The summed E-state index contributed by atoms with van der Waals surface area (Å²) in [5, 5.41) is 0.934. The molecule has 1 radical (unpaired) electrons. The largest absolute Gasteiger partial charge is 0.268 e. The van der Waals surface area contributed by atoms with Crippen LogP contribution in [0.15, 0.2) is 59.6 Å². The number of aromatic nitrogens is 1. The van der Waals surface area contributed by atoms with E-state index in [4.69, 9.17) is 0 Å². The van der Waals surface area contributed by atoms with Crippen molar-refractivity contribution >= 4 is 20.9 Å². The lowest BCUT2D eigenvalue weighted by atomic mass is 10.1. The van der Waals surface area contributed by atoms with Crippen LogP contribution in [0.3, 0.4) is 0 Å². The van der Waals surface area contributed by atoms with Gasteiger partial charge in [-0.05, 0) is 44.0 Å². The molecular formula is C17H16NO2S. The van der Waals surface area contributed by atoms with Crippen molar-refractivity contribution in [2.24, 2.45) is 0 Å². The highest BCUT2D eigenvalue weighted by molar-refractivity contribution is 7.90. The summed E-state index contributed by atoms with van der Waals surface area (Å²) in [6.45, 7) is 5.81. The summed E-state index contributed by atoms with van der Waals surface area (Å²) in [6, 6.07) is 14.4. The average Bonchev–Trinajstić information content (AvgIpc) is 2.87. The molecule has 2 aromatic carbocycles. The van der Waals surface area contributed by atoms with Crippen molar-refractivity contribution < 1.29 is 8.42 Å². The van der Waals surface area contributed by atoms with Gasteiger partial charge in [0.05, 0.1) is 10.4 Å². The van der Waals surface area contributed by atoms with Gasteiger partial charge in [0, 0.05) is 11.6 Å². The fourth-order valence-electron chi connectivity index (χ4n) is 2.44. The third-order valence-corrected chi connectivity index (χ3v) is 5.30. The molecule has 0 saturated heterocycles. The van der Waals surface area contributed by atoms with Gasteiger partial charge in [-0.15, -0.1) is 0 Å². The molecule has 3 rings (SSSR count). The normalized spacial score (nSPS) is 11.9. The fourth-order valence-corrected chi connectivity index (χ4v) is 3.83. The number of nitrogens with zero attached hydrogens (tertiary/aromatic N) is 1. The van der Waals surface area contributed by atoms with Crippen molar-refractivity contribution in [3.63, 3.8) is 0 Å². The minimum atomic E-state index is -3.58. The molecule has 3 aromatic rings. The first-order valence-corrected chi connectivity index (χ1v) is 8.18. The zero-order chi connectivity index (χ0) is 15.0. The lowest BCUT2D eigenvalue weighted by Crippen LogP contribution is -2.11. The predicted molar refractivity (Wildman–Crippen MR) is 84.8 cm³/mol. The van der Waals surface area contributed by atoms with E-state index in [2.05, 4.69) is 6.92 Å².